The second kappa shape index (κ2) is 4.45. The molecule has 2 bridgehead atoms. The molecule has 2 N–H and O–H groups in total. The number of carboxylic acid groups (broad SMARTS) is 1. The standard InChI is InChI=1S/C18H24O4/c1-10-8-17-9-11(10)3-4-14(17)18(22-2)6-5-12(19)7-13(18)15(17)16(20)21/h5-6,11-15,19H,1,3-4,7-9H2,2H3,(H,20,21). The van der Waals surface area contributed by atoms with Crippen molar-refractivity contribution in [3.05, 3.63) is 24.3 Å². The lowest BCUT2D eigenvalue weighted by molar-refractivity contribution is -0.149. The van der Waals surface area contributed by atoms with Gasteiger partial charge in [-0.2, -0.15) is 0 Å². The highest BCUT2D eigenvalue weighted by Crippen LogP contribution is 2.72. The van der Waals surface area contributed by atoms with E-state index in [0.717, 1.165) is 25.7 Å². The van der Waals surface area contributed by atoms with Crippen LogP contribution in [0.3, 0.4) is 0 Å². The predicted octanol–water partition coefficient (Wildman–Crippen LogP) is 2.39. The van der Waals surface area contributed by atoms with Gasteiger partial charge in [-0.15, -0.1) is 0 Å². The minimum absolute atomic E-state index is 0.148. The molecule has 0 aliphatic heterocycles. The zero-order chi connectivity index (χ0) is 15.7. The first-order valence-electron chi connectivity index (χ1n) is 8.27. The molecule has 4 aliphatic rings. The third kappa shape index (κ3) is 1.52. The number of methoxy groups -OCH3 is 1. The van der Waals surface area contributed by atoms with Crippen LogP contribution in [0.5, 0.6) is 0 Å². The number of hydrogen-bond acceptors (Lipinski definition) is 3. The summed E-state index contributed by atoms with van der Waals surface area (Å²) in [6.45, 7) is 4.23. The van der Waals surface area contributed by atoms with E-state index in [0.29, 0.717) is 12.3 Å². The van der Waals surface area contributed by atoms with E-state index >= 15 is 0 Å². The van der Waals surface area contributed by atoms with Crippen molar-refractivity contribution in [1.29, 1.82) is 0 Å². The molecule has 120 valence electrons. The van der Waals surface area contributed by atoms with Gasteiger partial charge in [-0.05, 0) is 49.4 Å². The molecular weight excluding hydrogens is 280 g/mol. The number of allylic oxidation sites excluding steroid dienone is 1. The second-order valence-corrected chi connectivity index (χ2v) is 7.74. The van der Waals surface area contributed by atoms with E-state index in [1.807, 2.05) is 6.08 Å². The fourth-order valence-electron chi connectivity index (χ4n) is 6.46. The molecule has 0 aromatic carbocycles. The SMILES string of the molecule is C=C1CC23CC1CCC2C1(OC)C=CC(O)CC1C3C(=O)O. The zero-order valence-electron chi connectivity index (χ0n) is 13.0. The summed E-state index contributed by atoms with van der Waals surface area (Å²) in [6, 6.07) is 0. The average molecular weight is 304 g/mol. The third-order valence-electron chi connectivity index (χ3n) is 7.10. The normalized spacial score (nSPS) is 52.5. The molecule has 3 saturated carbocycles. The first-order valence-corrected chi connectivity index (χ1v) is 8.27. The molecular formula is C18H24O4. The van der Waals surface area contributed by atoms with Crippen molar-refractivity contribution in [3.8, 4) is 0 Å². The van der Waals surface area contributed by atoms with Crippen molar-refractivity contribution in [3.63, 3.8) is 0 Å². The molecule has 0 radical (unpaired) electrons. The number of hydrogen-bond donors (Lipinski definition) is 2. The number of rotatable bonds is 2. The van der Waals surface area contributed by atoms with Crippen molar-refractivity contribution < 1.29 is 19.7 Å². The Labute approximate surface area is 130 Å². The van der Waals surface area contributed by atoms with E-state index in [-0.39, 0.29) is 17.3 Å². The molecule has 22 heavy (non-hydrogen) atoms. The summed E-state index contributed by atoms with van der Waals surface area (Å²) in [5.74, 6) is -0.632. The maximum absolute atomic E-state index is 12.2. The molecule has 4 heteroatoms. The van der Waals surface area contributed by atoms with Crippen molar-refractivity contribution in [1.82, 2.24) is 0 Å². The molecule has 0 heterocycles. The van der Waals surface area contributed by atoms with Gasteiger partial charge in [0.1, 0.15) is 0 Å². The molecule has 7 atom stereocenters. The molecule has 4 rings (SSSR count). The maximum Gasteiger partial charge on any atom is 0.307 e. The number of ether oxygens (including phenoxy) is 1. The Kier molecular flexibility index (Phi) is 2.93. The molecule has 4 nitrogen and oxygen atoms in total. The van der Waals surface area contributed by atoms with Crippen LogP contribution in [0, 0.1) is 29.1 Å². The Bertz CT molecular complexity index is 567. The molecule has 0 aromatic heterocycles. The van der Waals surface area contributed by atoms with E-state index in [4.69, 9.17) is 4.74 Å². The molecule has 1 spiro atoms. The summed E-state index contributed by atoms with van der Waals surface area (Å²) < 4.78 is 5.99. The van der Waals surface area contributed by atoms with Gasteiger partial charge >= 0.3 is 5.97 Å². The van der Waals surface area contributed by atoms with Gasteiger partial charge < -0.3 is 14.9 Å². The Balaban J connectivity index is 1.90. The maximum atomic E-state index is 12.2. The van der Waals surface area contributed by atoms with Gasteiger partial charge in [0, 0.05) is 13.0 Å². The van der Waals surface area contributed by atoms with Crippen molar-refractivity contribution in [2.24, 2.45) is 29.1 Å². The van der Waals surface area contributed by atoms with Crippen LogP contribution in [0.15, 0.2) is 24.3 Å². The van der Waals surface area contributed by atoms with Crippen LogP contribution >= 0.6 is 0 Å². The van der Waals surface area contributed by atoms with Crippen LogP contribution in [-0.4, -0.2) is 35.0 Å². The van der Waals surface area contributed by atoms with Gasteiger partial charge in [0.25, 0.3) is 0 Å². The van der Waals surface area contributed by atoms with E-state index < -0.39 is 23.6 Å². The van der Waals surface area contributed by atoms with Gasteiger partial charge in [-0.1, -0.05) is 24.3 Å². The average Bonchev–Trinajstić information content (AvgIpc) is 2.86. The third-order valence-corrected chi connectivity index (χ3v) is 7.10. The molecule has 0 amide bonds. The Morgan fingerprint density at radius 1 is 1.45 bits per heavy atom. The lowest BCUT2D eigenvalue weighted by atomic mass is 9.63. The number of aliphatic hydroxyl groups is 1. The van der Waals surface area contributed by atoms with Crippen LogP contribution in [0.1, 0.15) is 32.1 Å². The van der Waals surface area contributed by atoms with Crippen LogP contribution < -0.4 is 0 Å². The number of aliphatic carboxylic acids is 1. The van der Waals surface area contributed by atoms with Crippen LogP contribution in [-0.2, 0) is 9.53 Å². The van der Waals surface area contributed by atoms with E-state index in [2.05, 4.69) is 6.58 Å². The lowest BCUT2D eigenvalue weighted by Gasteiger charge is -2.44. The number of aliphatic hydroxyl groups excluding tert-OH is 1. The predicted molar refractivity (Wildman–Crippen MR) is 81.1 cm³/mol. The van der Waals surface area contributed by atoms with Gasteiger partial charge in [-0.3, -0.25) is 4.79 Å². The van der Waals surface area contributed by atoms with Crippen LogP contribution in [0.2, 0.25) is 0 Å². The Morgan fingerprint density at radius 2 is 2.23 bits per heavy atom. The monoisotopic (exact) mass is 304 g/mol. The largest absolute Gasteiger partial charge is 0.481 e. The topological polar surface area (TPSA) is 66.8 Å². The number of fused-ring (bicyclic) bond motifs is 3. The summed E-state index contributed by atoms with van der Waals surface area (Å²) >= 11 is 0. The van der Waals surface area contributed by atoms with Crippen LogP contribution in [0.4, 0.5) is 0 Å². The summed E-state index contributed by atoms with van der Waals surface area (Å²) in [7, 11) is 1.70. The van der Waals surface area contributed by atoms with Crippen molar-refractivity contribution >= 4 is 5.97 Å². The summed E-state index contributed by atoms with van der Waals surface area (Å²) in [5.41, 5.74) is 0.460. The number of carboxylic acids is 1. The Morgan fingerprint density at radius 3 is 2.91 bits per heavy atom. The van der Waals surface area contributed by atoms with Gasteiger partial charge in [0.05, 0.1) is 17.6 Å². The highest BCUT2D eigenvalue weighted by atomic mass is 16.5. The molecule has 0 saturated heterocycles. The summed E-state index contributed by atoms with van der Waals surface area (Å²) in [6.07, 6.45) is 7.52. The Hall–Kier alpha value is -1.13. The minimum Gasteiger partial charge on any atom is -0.481 e. The smallest absolute Gasteiger partial charge is 0.307 e. The quantitative estimate of drug-likeness (QED) is 0.769. The summed E-state index contributed by atoms with van der Waals surface area (Å²) in [5, 5.41) is 20.1. The van der Waals surface area contributed by atoms with Crippen LogP contribution in [0.25, 0.3) is 0 Å². The summed E-state index contributed by atoms with van der Waals surface area (Å²) in [4.78, 5) is 12.2. The molecule has 7 unspecified atom stereocenters. The van der Waals surface area contributed by atoms with E-state index in [9.17, 15) is 15.0 Å². The highest BCUT2D eigenvalue weighted by molar-refractivity contribution is 5.73. The fourth-order valence-corrected chi connectivity index (χ4v) is 6.46. The molecule has 0 aromatic rings. The molecule has 3 fully saturated rings. The first-order chi connectivity index (χ1) is 10.4. The lowest BCUT2D eigenvalue weighted by Crippen LogP contribution is -2.46. The van der Waals surface area contributed by atoms with E-state index in [1.54, 1.807) is 13.2 Å². The second-order valence-electron chi connectivity index (χ2n) is 7.74. The van der Waals surface area contributed by atoms with Gasteiger partial charge in [0.2, 0.25) is 0 Å². The van der Waals surface area contributed by atoms with Crippen molar-refractivity contribution in [2.75, 3.05) is 7.11 Å². The minimum atomic E-state index is -0.730. The zero-order valence-corrected chi connectivity index (χ0v) is 13.0. The highest BCUT2D eigenvalue weighted by Gasteiger charge is 2.72. The fraction of sp³-hybridized carbons (Fsp3) is 0.722. The van der Waals surface area contributed by atoms with Gasteiger partial charge in [0.15, 0.2) is 0 Å². The number of carbonyl (C=O) groups is 1. The van der Waals surface area contributed by atoms with Gasteiger partial charge in [-0.25, -0.2) is 0 Å². The van der Waals surface area contributed by atoms with Crippen molar-refractivity contribution in [2.45, 2.75) is 43.8 Å². The molecule has 4 aliphatic carbocycles. The first kappa shape index (κ1) is 14.5. The van der Waals surface area contributed by atoms with E-state index in [1.165, 1.54) is 5.57 Å².